The van der Waals surface area contributed by atoms with E-state index in [-0.39, 0.29) is 5.78 Å². The van der Waals surface area contributed by atoms with Crippen LogP contribution in [0.4, 0.5) is 0 Å². The number of ether oxygens (including phenoxy) is 1. The van der Waals surface area contributed by atoms with Gasteiger partial charge in [0.1, 0.15) is 6.61 Å². The van der Waals surface area contributed by atoms with Crippen LogP contribution in [0.3, 0.4) is 0 Å². The lowest BCUT2D eigenvalue weighted by Gasteiger charge is -1.93. The van der Waals surface area contributed by atoms with Crippen molar-refractivity contribution >= 4 is 5.78 Å². The molecule has 0 fully saturated rings. The Morgan fingerprint density at radius 1 is 1.62 bits per heavy atom. The zero-order chi connectivity index (χ0) is 6.41. The fraction of sp³-hybridized carbons (Fsp3) is 0.667. The van der Waals surface area contributed by atoms with Gasteiger partial charge < -0.3 is 4.74 Å². The van der Waals surface area contributed by atoms with Crippen LogP contribution in [0.5, 0.6) is 0 Å². The molecule has 0 aliphatic rings. The summed E-state index contributed by atoms with van der Waals surface area (Å²) in [5.74, 6) is 0.0480. The summed E-state index contributed by atoms with van der Waals surface area (Å²) < 4.78 is 4.71. The van der Waals surface area contributed by atoms with Crippen LogP contribution in [0.15, 0.2) is 0 Å². The van der Waals surface area contributed by atoms with Crippen LogP contribution in [-0.2, 0) is 9.53 Å². The quantitative estimate of drug-likeness (QED) is 0.549. The Kier molecular flexibility index (Phi) is 4.56. The van der Waals surface area contributed by atoms with Crippen LogP contribution >= 0.6 is 0 Å². The average molecular weight is 115 g/mol. The molecular weight excluding hydrogens is 104 g/mol. The maximum atomic E-state index is 10.4. The smallest absolute Gasteiger partial charge is 0.164 e. The Balaban J connectivity index is 2.99. The lowest BCUT2D eigenvalue weighted by molar-refractivity contribution is -0.119. The van der Waals surface area contributed by atoms with E-state index < -0.39 is 0 Å². The second-order valence-corrected chi connectivity index (χ2v) is 1.39. The third kappa shape index (κ3) is 3.81. The van der Waals surface area contributed by atoms with Gasteiger partial charge >= 0.3 is 0 Å². The zero-order valence-corrected chi connectivity index (χ0v) is 5.31. The van der Waals surface area contributed by atoms with Crippen LogP contribution < -0.4 is 0 Å². The van der Waals surface area contributed by atoms with Gasteiger partial charge in [-0.05, 0) is 6.92 Å². The molecule has 0 aromatic rings. The van der Waals surface area contributed by atoms with Gasteiger partial charge in [-0.2, -0.15) is 0 Å². The molecule has 8 heavy (non-hydrogen) atoms. The van der Waals surface area contributed by atoms with E-state index in [4.69, 9.17) is 4.74 Å². The van der Waals surface area contributed by atoms with Crippen LogP contribution in [0.1, 0.15) is 20.3 Å². The number of rotatable bonds is 4. The molecule has 2 nitrogen and oxygen atoms in total. The van der Waals surface area contributed by atoms with Crippen LogP contribution in [-0.4, -0.2) is 12.4 Å². The molecule has 0 aromatic carbocycles. The van der Waals surface area contributed by atoms with Gasteiger partial charge in [-0.3, -0.25) is 4.79 Å². The highest BCUT2D eigenvalue weighted by molar-refractivity contribution is 5.84. The first kappa shape index (κ1) is 7.63. The molecule has 0 saturated heterocycles. The maximum Gasteiger partial charge on any atom is 0.164 e. The number of ketones is 1. The van der Waals surface area contributed by atoms with Crippen molar-refractivity contribution in [2.24, 2.45) is 0 Å². The van der Waals surface area contributed by atoms with Gasteiger partial charge in [0, 0.05) is 13.0 Å². The third-order valence-electron chi connectivity index (χ3n) is 0.730. The molecule has 0 heterocycles. The Labute approximate surface area is 49.8 Å². The molecule has 0 saturated carbocycles. The van der Waals surface area contributed by atoms with Crippen LogP contribution in [0.25, 0.3) is 0 Å². The number of hydrogen-bond acceptors (Lipinski definition) is 2. The fourth-order valence-electron chi connectivity index (χ4n) is 0.260. The molecular formula is C6H11O2. The van der Waals surface area contributed by atoms with Gasteiger partial charge in [0.2, 0.25) is 0 Å². The summed E-state index contributed by atoms with van der Waals surface area (Å²) in [6.07, 6.45) is 0.528. The van der Waals surface area contributed by atoms with Gasteiger partial charge in [-0.1, -0.05) is 6.92 Å². The van der Waals surface area contributed by atoms with Crippen molar-refractivity contribution < 1.29 is 9.53 Å². The molecule has 2 heteroatoms. The first-order valence-corrected chi connectivity index (χ1v) is 2.78. The van der Waals surface area contributed by atoms with Gasteiger partial charge in [-0.15, -0.1) is 0 Å². The Morgan fingerprint density at radius 3 is 2.62 bits per heavy atom. The van der Waals surface area contributed by atoms with Crippen molar-refractivity contribution in [1.29, 1.82) is 0 Å². The van der Waals surface area contributed by atoms with E-state index >= 15 is 0 Å². The Bertz CT molecular complexity index is 68.9. The summed E-state index contributed by atoms with van der Waals surface area (Å²) in [5, 5.41) is 0. The normalized spacial score (nSPS) is 9.25. The average Bonchev–Trinajstić information content (AvgIpc) is 1.83. The fourth-order valence-corrected chi connectivity index (χ4v) is 0.260. The Hall–Kier alpha value is -0.370. The zero-order valence-electron chi connectivity index (χ0n) is 5.31. The van der Waals surface area contributed by atoms with E-state index in [2.05, 4.69) is 0 Å². The monoisotopic (exact) mass is 115 g/mol. The van der Waals surface area contributed by atoms with Crippen LogP contribution in [0, 0.1) is 6.61 Å². The van der Waals surface area contributed by atoms with Gasteiger partial charge in [0.25, 0.3) is 0 Å². The molecule has 0 bridgehead atoms. The van der Waals surface area contributed by atoms with Gasteiger partial charge in [-0.25, -0.2) is 0 Å². The molecule has 1 radical (unpaired) electrons. The molecule has 0 aromatic heterocycles. The highest BCUT2D eigenvalue weighted by Gasteiger charge is 1.95. The number of Topliss-reactive ketones (excluding diaryl/α,β-unsaturated/α-hetero) is 1. The lowest BCUT2D eigenvalue weighted by Crippen LogP contribution is -1.98. The van der Waals surface area contributed by atoms with Crippen molar-refractivity contribution in [3.05, 3.63) is 6.61 Å². The van der Waals surface area contributed by atoms with Gasteiger partial charge in [0.05, 0.1) is 0 Å². The third-order valence-corrected chi connectivity index (χ3v) is 0.730. The number of hydrogen-bond donors (Lipinski definition) is 0. The van der Waals surface area contributed by atoms with Gasteiger partial charge in [0.15, 0.2) is 5.78 Å². The largest absolute Gasteiger partial charge is 0.367 e. The molecule has 0 aliphatic carbocycles. The summed E-state index contributed by atoms with van der Waals surface area (Å²) in [5.41, 5.74) is 0. The Morgan fingerprint density at radius 2 is 2.25 bits per heavy atom. The number of carbonyl (C=O) groups is 1. The summed E-state index contributed by atoms with van der Waals surface area (Å²) in [6, 6.07) is 0. The lowest BCUT2D eigenvalue weighted by atomic mass is 10.3. The second kappa shape index (κ2) is 4.78. The van der Waals surface area contributed by atoms with Crippen molar-refractivity contribution in [2.75, 3.05) is 6.61 Å². The summed E-state index contributed by atoms with van der Waals surface area (Å²) in [4.78, 5) is 10.4. The molecule has 0 atom stereocenters. The van der Waals surface area contributed by atoms with Crippen molar-refractivity contribution in [2.45, 2.75) is 20.3 Å². The predicted molar refractivity (Wildman–Crippen MR) is 31.2 cm³/mol. The van der Waals surface area contributed by atoms with E-state index in [1.807, 2.05) is 6.92 Å². The van der Waals surface area contributed by atoms with E-state index in [1.54, 1.807) is 6.92 Å². The standard InChI is InChI=1S/C6H11O2/c1-3-6(7)5-8-4-2/h5H,3-4H2,1-2H3. The van der Waals surface area contributed by atoms with Crippen molar-refractivity contribution in [1.82, 2.24) is 0 Å². The first-order valence-electron chi connectivity index (χ1n) is 2.78. The van der Waals surface area contributed by atoms with Crippen LogP contribution in [0.2, 0.25) is 0 Å². The highest BCUT2D eigenvalue weighted by atomic mass is 16.5. The highest BCUT2D eigenvalue weighted by Crippen LogP contribution is 1.87. The molecule has 0 spiro atoms. The molecule has 0 unspecified atom stereocenters. The second-order valence-electron chi connectivity index (χ2n) is 1.39. The van der Waals surface area contributed by atoms with Crippen molar-refractivity contribution in [3.8, 4) is 0 Å². The number of carbonyl (C=O) groups excluding carboxylic acids is 1. The molecule has 0 amide bonds. The van der Waals surface area contributed by atoms with E-state index in [9.17, 15) is 4.79 Å². The molecule has 0 aliphatic heterocycles. The minimum Gasteiger partial charge on any atom is -0.367 e. The molecule has 47 valence electrons. The summed E-state index contributed by atoms with van der Waals surface area (Å²) in [6.45, 7) is 5.49. The topological polar surface area (TPSA) is 26.3 Å². The first-order chi connectivity index (χ1) is 3.81. The molecule has 0 rings (SSSR count). The van der Waals surface area contributed by atoms with E-state index in [0.29, 0.717) is 13.0 Å². The van der Waals surface area contributed by atoms with Crippen molar-refractivity contribution in [3.63, 3.8) is 0 Å². The SMILES string of the molecule is CCO[CH]C(=O)CC. The minimum absolute atomic E-state index is 0.0480. The minimum atomic E-state index is 0.0480. The molecule has 0 N–H and O–H groups in total. The predicted octanol–water partition coefficient (Wildman–Crippen LogP) is 1.16. The van der Waals surface area contributed by atoms with E-state index in [1.165, 1.54) is 6.61 Å². The summed E-state index contributed by atoms with van der Waals surface area (Å²) >= 11 is 0. The summed E-state index contributed by atoms with van der Waals surface area (Å²) in [7, 11) is 0. The van der Waals surface area contributed by atoms with E-state index in [0.717, 1.165) is 0 Å². The maximum absolute atomic E-state index is 10.4.